The number of hydrogen-bond donors (Lipinski definition) is 2. The Morgan fingerprint density at radius 3 is 2.43 bits per heavy atom. The maximum Gasteiger partial charge on any atom is 0.270 e. The Kier molecular flexibility index (Phi) is 5.81. The number of carbonyl (C=O) groups is 1. The summed E-state index contributed by atoms with van der Waals surface area (Å²) in [4.78, 5) is 16.5. The zero-order valence-electron chi connectivity index (χ0n) is 13.2. The van der Waals surface area contributed by atoms with Crippen LogP contribution >= 0.6 is 23.7 Å². The molecular formula is C15H26ClN3OS. The highest BCUT2D eigenvalue weighted by Crippen LogP contribution is 2.45. The van der Waals surface area contributed by atoms with Gasteiger partial charge in [0.05, 0.1) is 0 Å². The average molecular weight is 332 g/mol. The summed E-state index contributed by atoms with van der Waals surface area (Å²) in [5.74, 6) is -0.0700. The summed E-state index contributed by atoms with van der Waals surface area (Å²) in [7, 11) is 0. The van der Waals surface area contributed by atoms with Crippen LogP contribution in [0, 0.1) is 10.8 Å². The normalized spacial score (nSPS) is 20.6. The fraction of sp³-hybridized carbons (Fsp3) is 0.733. The minimum absolute atomic E-state index is 0. The second-order valence-electron chi connectivity index (χ2n) is 7.41. The molecule has 1 amide bonds. The van der Waals surface area contributed by atoms with Gasteiger partial charge in [-0.15, -0.1) is 23.7 Å². The van der Waals surface area contributed by atoms with Crippen molar-refractivity contribution in [3.63, 3.8) is 0 Å². The summed E-state index contributed by atoms with van der Waals surface area (Å²) in [5.41, 5.74) is 6.57. The first kappa shape index (κ1) is 18.4. The molecule has 0 aromatic carbocycles. The van der Waals surface area contributed by atoms with Crippen LogP contribution in [0.25, 0.3) is 0 Å². The minimum atomic E-state index is -0.0700. The fourth-order valence-electron chi connectivity index (χ4n) is 3.72. The van der Waals surface area contributed by atoms with Crippen LogP contribution in [0.15, 0.2) is 5.38 Å². The van der Waals surface area contributed by atoms with Crippen molar-refractivity contribution < 1.29 is 4.79 Å². The lowest BCUT2D eigenvalue weighted by Crippen LogP contribution is -2.46. The number of hydrogen-bond acceptors (Lipinski definition) is 4. The van der Waals surface area contributed by atoms with Gasteiger partial charge in [0.15, 0.2) is 0 Å². The Morgan fingerprint density at radius 2 is 1.95 bits per heavy atom. The predicted octanol–water partition coefficient (Wildman–Crippen LogP) is 3.36. The zero-order chi connectivity index (χ0) is 15.0. The molecule has 0 saturated heterocycles. The average Bonchev–Trinajstić information content (AvgIpc) is 2.72. The lowest BCUT2D eigenvalue weighted by molar-refractivity contribution is 0.0711. The van der Waals surface area contributed by atoms with Crippen LogP contribution in [0.4, 0.5) is 0 Å². The molecule has 0 bridgehead atoms. The molecule has 1 aromatic heterocycles. The lowest BCUT2D eigenvalue weighted by atomic mass is 9.63. The highest BCUT2D eigenvalue weighted by molar-refractivity contribution is 7.09. The van der Waals surface area contributed by atoms with Gasteiger partial charge < -0.3 is 11.1 Å². The quantitative estimate of drug-likeness (QED) is 0.892. The molecule has 0 unspecified atom stereocenters. The van der Waals surface area contributed by atoms with E-state index in [9.17, 15) is 4.79 Å². The van der Waals surface area contributed by atoms with Gasteiger partial charge in [-0.3, -0.25) is 4.79 Å². The van der Waals surface area contributed by atoms with E-state index in [0.717, 1.165) is 17.8 Å². The number of rotatable bonds is 3. The van der Waals surface area contributed by atoms with Crippen molar-refractivity contribution in [2.75, 3.05) is 0 Å². The number of amides is 1. The summed E-state index contributed by atoms with van der Waals surface area (Å²) in [6.07, 6.45) is 3.24. The first-order valence-corrected chi connectivity index (χ1v) is 8.04. The Hall–Kier alpha value is -0.650. The summed E-state index contributed by atoms with van der Waals surface area (Å²) in [6, 6.07) is 0.226. The van der Waals surface area contributed by atoms with E-state index in [4.69, 9.17) is 5.73 Å². The maximum absolute atomic E-state index is 12.3. The van der Waals surface area contributed by atoms with Gasteiger partial charge in [-0.2, -0.15) is 0 Å². The van der Waals surface area contributed by atoms with Crippen molar-refractivity contribution in [1.82, 2.24) is 10.3 Å². The zero-order valence-corrected chi connectivity index (χ0v) is 14.9. The Labute approximate surface area is 137 Å². The molecule has 2 rings (SSSR count). The van der Waals surface area contributed by atoms with Crippen molar-refractivity contribution in [1.29, 1.82) is 0 Å². The van der Waals surface area contributed by atoms with Gasteiger partial charge in [0.2, 0.25) is 0 Å². The SMILES string of the molecule is CC1(C)CC(NC(=O)c2csc(CN)n2)CC(C)(C)C1.Cl. The molecule has 1 aliphatic carbocycles. The lowest BCUT2D eigenvalue weighted by Gasteiger charge is -2.45. The predicted molar refractivity (Wildman–Crippen MR) is 89.9 cm³/mol. The third-order valence-electron chi connectivity index (χ3n) is 3.85. The van der Waals surface area contributed by atoms with E-state index >= 15 is 0 Å². The van der Waals surface area contributed by atoms with Gasteiger partial charge >= 0.3 is 0 Å². The topological polar surface area (TPSA) is 68.0 Å². The molecule has 21 heavy (non-hydrogen) atoms. The molecule has 4 nitrogen and oxygen atoms in total. The van der Waals surface area contributed by atoms with Gasteiger partial charge in [0, 0.05) is 18.0 Å². The highest BCUT2D eigenvalue weighted by Gasteiger charge is 2.39. The number of thiazole rings is 1. The van der Waals surface area contributed by atoms with Crippen molar-refractivity contribution >= 4 is 29.7 Å². The summed E-state index contributed by atoms with van der Waals surface area (Å²) >= 11 is 1.44. The standard InChI is InChI=1S/C15H25N3OS.ClH/c1-14(2)5-10(6-15(3,4)9-14)17-13(19)11-8-20-12(7-16)18-11;/h8,10H,5-7,9,16H2,1-4H3,(H,17,19);1H. The summed E-state index contributed by atoms with van der Waals surface area (Å²) < 4.78 is 0. The Morgan fingerprint density at radius 1 is 1.38 bits per heavy atom. The maximum atomic E-state index is 12.3. The molecule has 3 N–H and O–H groups in total. The largest absolute Gasteiger partial charge is 0.348 e. The van der Waals surface area contributed by atoms with E-state index < -0.39 is 0 Å². The fourth-order valence-corrected chi connectivity index (χ4v) is 4.37. The third kappa shape index (κ3) is 4.94. The molecule has 0 atom stereocenters. The molecule has 1 aromatic rings. The second kappa shape index (κ2) is 6.63. The second-order valence-corrected chi connectivity index (χ2v) is 8.36. The van der Waals surface area contributed by atoms with Crippen molar-refractivity contribution in [2.45, 2.75) is 59.5 Å². The Balaban J connectivity index is 0.00000220. The van der Waals surface area contributed by atoms with E-state index in [-0.39, 0.29) is 35.2 Å². The van der Waals surface area contributed by atoms with Gasteiger partial charge in [-0.05, 0) is 30.1 Å². The number of halogens is 1. The molecule has 1 saturated carbocycles. The minimum Gasteiger partial charge on any atom is -0.348 e. The number of carbonyl (C=O) groups excluding carboxylic acids is 1. The molecule has 1 fully saturated rings. The van der Waals surface area contributed by atoms with E-state index in [1.807, 2.05) is 0 Å². The van der Waals surface area contributed by atoms with E-state index in [1.54, 1.807) is 5.38 Å². The molecule has 0 radical (unpaired) electrons. The third-order valence-corrected chi connectivity index (χ3v) is 4.72. The molecule has 6 heteroatoms. The molecule has 0 aliphatic heterocycles. The smallest absolute Gasteiger partial charge is 0.270 e. The Bertz CT molecular complexity index is 483. The number of nitrogens with zero attached hydrogens (tertiary/aromatic N) is 1. The van der Waals surface area contributed by atoms with Crippen molar-refractivity contribution in [3.05, 3.63) is 16.1 Å². The van der Waals surface area contributed by atoms with Crippen LogP contribution in [-0.4, -0.2) is 16.9 Å². The van der Waals surface area contributed by atoms with Gasteiger partial charge in [0.25, 0.3) is 5.91 Å². The summed E-state index contributed by atoms with van der Waals surface area (Å²) in [6.45, 7) is 9.51. The van der Waals surface area contributed by atoms with Crippen molar-refractivity contribution in [3.8, 4) is 0 Å². The number of nitrogens with one attached hydrogen (secondary N) is 1. The van der Waals surface area contributed by atoms with Crippen LogP contribution < -0.4 is 11.1 Å². The summed E-state index contributed by atoms with van der Waals surface area (Å²) in [5, 5.41) is 5.74. The first-order valence-electron chi connectivity index (χ1n) is 7.16. The molecule has 1 heterocycles. The van der Waals surface area contributed by atoms with Gasteiger partial charge in [-0.25, -0.2) is 4.98 Å². The molecule has 1 aliphatic rings. The number of nitrogens with two attached hydrogens (primary N) is 1. The van der Waals surface area contributed by atoms with Gasteiger partial charge in [-0.1, -0.05) is 27.7 Å². The van der Waals surface area contributed by atoms with Crippen LogP contribution in [-0.2, 0) is 6.54 Å². The molecule has 120 valence electrons. The van der Waals surface area contributed by atoms with Crippen LogP contribution in [0.2, 0.25) is 0 Å². The number of aromatic nitrogens is 1. The van der Waals surface area contributed by atoms with Crippen LogP contribution in [0.1, 0.15) is 62.5 Å². The highest BCUT2D eigenvalue weighted by atomic mass is 35.5. The van der Waals surface area contributed by atoms with E-state index in [1.165, 1.54) is 17.8 Å². The molecular weight excluding hydrogens is 306 g/mol. The molecule has 0 spiro atoms. The first-order chi connectivity index (χ1) is 9.21. The van der Waals surface area contributed by atoms with Crippen LogP contribution in [0.5, 0.6) is 0 Å². The van der Waals surface area contributed by atoms with Crippen LogP contribution in [0.3, 0.4) is 0 Å². The van der Waals surface area contributed by atoms with Gasteiger partial charge in [0.1, 0.15) is 10.7 Å². The van der Waals surface area contributed by atoms with Crippen molar-refractivity contribution in [2.24, 2.45) is 16.6 Å². The monoisotopic (exact) mass is 331 g/mol. The van der Waals surface area contributed by atoms with E-state index in [2.05, 4.69) is 38.0 Å². The van der Waals surface area contributed by atoms with E-state index in [0.29, 0.717) is 12.2 Å².